The molecule has 7 heteroatoms. The molecule has 1 fully saturated rings. The minimum Gasteiger partial charge on any atom is -0.351 e. The van der Waals surface area contributed by atoms with Crippen molar-refractivity contribution in [2.45, 2.75) is 6.54 Å². The highest BCUT2D eigenvalue weighted by atomic mass is 19.1. The lowest BCUT2D eigenvalue weighted by Gasteiger charge is -2.34. The van der Waals surface area contributed by atoms with E-state index in [1.807, 2.05) is 0 Å². The fourth-order valence-electron chi connectivity index (χ4n) is 2.62. The molecule has 24 heavy (non-hydrogen) atoms. The van der Waals surface area contributed by atoms with Gasteiger partial charge in [-0.1, -0.05) is 12.1 Å². The van der Waals surface area contributed by atoms with Gasteiger partial charge in [-0.25, -0.2) is 14.4 Å². The van der Waals surface area contributed by atoms with Crippen molar-refractivity contribution in [3.05, 3.63) is 54.1 Å². The number of hydrogen-bond acceptors (Lipinski definition) is 5. The van der Waals surface area contributed by atoms with Crippen LogP contribution in [-0.4, -0.2) is 53.5 Å². The van der Waals surface area contributed by atoms with Gasteiger partial charge in [0.2, 0.25) is 11.9 Å². The van der Waals surface area contributed by atoms with E-state index in [2.05, 4.69) is 25.1 Å². The van der Waals surface area contributed by atoms with Crippen LogP contribution in [-0.2, 0) is 11.3 Å². The second kappa shape index (κ2) is 7.83. The minimum atomic E-state index is -0.273. The molecule has 1 aromatic carbocycles. The predicted octanol–water partition coefficient (Wildman–Crippen LogP) is 1.05. The zero-order valence-electron chi connectivity index (χ0n) is 13.4. The van der Waals surface area contributed by atoms with Crippen LogP contribution < -0.4 is 10.2 Å². The fourth-order valence-corrected chi connectivity index (χ4v) is 2.62. The normalized spacial score (nSPS) is 15.3. The van der Waals surface area contributed by atoms with Crippen LogP contribution in [0, 0.1) is 5.82 Å². The van der Waals surface area contributed by atoms with E-state index in [1.54, 1.807) is 30.6 Å². The molecule has 0 atom stereocenters. The third kappa shape index (κ3) is 4.48. The molecule has 1 aromatic heterocycles. The minimum absolute atomic E-state index is 0.0243. The number of carbonyl (C=O) groups is 1. The Kier molecular flexibility index (Phi) is 5.32. The van der Waals surface area contributed by atoms with Crippen molar-refractivity contribution in [3.63, 3.8) is 0 Å². The van der Waals surface area contributed by atoms with Gasteiger partial charge < -0.3 is 10.2 Å². The first-order valence-electron chi connectivity index (χ1n) is 7.96. The molecule has 0 bridgehead atoms. The highest BCUT2D eigenvalue weighted by Gasteiger charge is 2.20. The van der Waals surface area contributed by atoms with Crippen LogP contribution in [0.5, 0.6) is 0 Å². The standard InChI is InChI=1S/C17H20FN5O/c18-15-4-2-14(3-5-15)12-21-16(24)13-22-8-10-23(11-9-22)17-19-6-1-7-20-17/h1-7H,8-13H2,(H,21,24). The lowest BCUT2D eigenvalue weighted by atomic mass is 10.2. The van der Waals surface area contributed by atoms with Crippen LogP contribution in [0.15, 0.2) is 42.7 Å². The molecule has 2 aromatic rings. The summed E-state index contributed by atoms with van der Waals surface area (Å²) in [6.45, 7) is 3.97. The van der Waals surface area contributed by atoms with Gasteiger partial charge in [-0.15, -0.1) is 0 Å². The van der Waals surface area contributed by atoms with Crippen LogP contribution in [0.3, 0.4) is 0 Å². The lowest BCUT2D eigenvalue weighted by molar-refractivity contribution is -0.122. The maximum atomic E-state index is 12.8. The number of nitrogens with one attached hydrogen (secondary N) is 1. The van der Waals surface area contributed by atoms with Gasteiger partial charge in [-0.3, -0.25) is 9.69 Å². The zero-order valence-corrected chi connectivity index (χ0v) is 13.4. The van der Waals surface area contributed by atoms with Crippen molar-refractivity contribution < 1.29 is 9.18 Å². The van der Waals surface area contributed by atoms with E-state index in [1.165, 1.54) is 12.1 Å². The first-order valence-corrected chi connectivity index (χ1v) is 7.96. The summed E-state index contributed by atoms with van der Waals surface area (Å²) in [5.41, 5.74) is 0.885. The molecule has 0 saturated carbocycles. The van der Waals surface area contributed by atoms with E-state index in [-0.39, 0.29) is 11.7 Å². The molecule has 1 N–H and O–H groups in total. The van der Waals surface area contributed by atoms with Crippen molar-refractivity contribution in [2.75, 3.05) is 37.6 Å². The molecule has 0 aliphatic carbocycles. The van der Waals surface area contributed by atoms with Crippen molar-refractivity contribution in [3.8, 4) is 0 Å². The van der Waals surface area contributed by atoms with Crippen molar-refractivity contribution in [2.24, 2.45) is 0 Å². The maximum absolute atomic E-state index is 12.8. The Morgan fingerprint density at radius 2 is 1.75 bits per heavy atom. The summed E-state index contributed by atoms with van der Waals surface area (Å²) in [7, 11) is 0. The van der Waals surface area contributed by atoms with Gasteiger partial charge in [-0.2, -0.15) is 0 Å². The van der Waals surface area contributed by atoms with Crippen molar-refractivity contribution in [1.29, 1.82) is 0 Å². The van der Waals surface area contributed by atoms with Crippen LogP contribution in [0.1, 0.15) is 5.56 Å². The SMILES string of the molecule is O=C(CN1CCN(c2ncccn2)CC1)NCc1ccc(F)cc1. The molecule has 1 amide bonds. The summed E-state index contributed by atoms with van der Waals surface area (Å²) >= 11 is 0. The summed E-state index contributed by atoms with van der Waals surface area (Å²) in [4.78, 5) is 24.8. The molecule has 6 nitrogen and oxygen atoms in total. The number of rotatable bonds is 5. The summed E-state index contributed by atoms with van der Waals surface area (Å²) < 4.78 is 12.8. The second-order valence-corrected chi connectivity index (χ2v) is 5.72. The van der Waals surface area contributed by atoms with E-state index in [9.17, 15) is 9.18 Å². The highest BCUT2D eigenvalue weighted by molar-refractivity contribution is 5.78. The molecule has 0 radical (unpaired) electrons. The van der Waals surface area contributed by atoms with Gasteiger partial charge >= 0.3 is 0 Å². The number of piperazine rings is 1. The molecule has 1 saturated heterocycles. The second-order valence-electron chi connectivity index (χ2n) is 5.72. The number of halogens is 1. The largest absolute Gasteiger partial charge is 0.351 e. The number of amides is 1. The molecule has 0 spiro atoms. The average molecular weight is 329 g/mol. The Balaban J connectivity index is 1.41. The summed E-state index contributed by atoms with van der Waals surface area (Å²) in [5.74, 6) is 0.437. The van der Waals surface area contributed by atoms with Gasteiger partial charge in [0, 0.05) is 45.1 Å². The molecule has 126 valence electrons. The highest BCUT2D eigenvalue weighted by Crippen LogP contribution is 2.09. The summed E-state index contributed by atoms with van der Waals surface area (Å²) in [5, 5.41) is 2.87. The van der Waals surface area contributed by atoms with Crippen LogP contribution >= 0.6 is 0 Å². The average Bonchev–Trinajstić information content (AvgIpc) is 2.63. The number of benzene rings is 1. The first-order chi connectivity index (χ1) is 11.7. The Hall–Kier alpha value is -2.54. The number of aromatic nitrogens is 2. The number of anilines is 1. The third-order valence-corrected chi connectivity index (χ3v) is 3.98. The molecule has 3 rings (SSSR count). The molecule has 0 unspecified atom stereocenters. The number of nitrogens with zero attached hydrogens (tertiary/aromatic N) is 4. The fraction of sp³-hybridized carbons (Fsp3) is 0.353. The van der Waals surface area contributed by atoms with E-state index < -0.39 is 0 Å². The van der Waals surface area contributed by atoms with E-state index in [4.69, 9.17) is 0 Å². The van der Waals surface area contributed by atoms with Gasteiger partial charge in [-0.05, 0) is 23.8 Å². The Morgan fingerprint density at radius 3 is 2.42 bits per heavy atom. The van der Waals surface area contributed by atoms with Crippen LogP contribution in [0.2, 0.25) is 0 Å². The lowest BCUT2D eigenvalue weighted by Crippen LogP contribution is -2.49. The monoisotopic (exact) mass is 329 g/mol. The van der Waals surface area contributed by atoms with Crippen LogP contribution in [0.25, 0.3) is 0 Å². The molecular weight excluding hydrogens is 309 g/mol. The van der Waals surface area contributed by atoms with Gasteiger partial charge in [0.1, 0.15) is 5.82 Å². The summed E-state index contributed by atoms with van der Waals surface area (Å²) in [6.07, 6.45) is 3.47. The Labute approximate surface area is 140 Å². The van der Waals surface area contributed by atoms with Crippen molar-refractivity contribution >= 4 is 11.9 Å². The van der Waals surface area contributed by atoms with E-state index in [0.29, 0.717) is 13.1 Å². The van der Waals surface area contributed by atoms with Gasteiger partial charge in [0.25, 0.3) is 0 Å². The van der Waals surface area contributed by atoms with Gasteiger partial charge in [0.05, 0.1) is 6.54 Å². The van der Waals surface area contributed by atoms with E-state index >= 15 is 0 Å². The van der Waals surface area contributed by atoms with Crippen LogP contribution in [0.4, 0.5) is 10.3 Å². The van der Waals surface area contributed by atoms with Gasteiger partial charge in [0.15, 0.2) is 0 Å². The molecule has 2 heterocycles. The molecule has 1 aliphatic heterocycles. The Bertz CT molecular complexity index is 656. The number of hydrogen-bond donors (Lipinski definition) is 1. The first kappa shape index (κ1) is 16.3. The van der Waals surface area contributed by atoms with E-state index in [0.717, 1.165) is 37.7 Å². The quantitative estimate of drug-likeness (QED) is 0.889. The van der Waals surface area contributed by atoms with Crippen molar-refractivity contribution in [1.82, 2.24) is 20.2 Å². The number of carbonyl (C=O) groups excluding carboxylic acids is 1. The smallest absolute Gasteiger partial charge is 0.234 e. The summed E-state index contributed by atoms with van der Waals surface area (Å²) in [6, 6.07) is 7.94. The Morgan fingerprint density at radius 1 is 1.08 bits per heavy atom. The molecular formula is C17H20FN5O. The molecule has 1 aliphatic rings. The topological polar surface area (TPSA) is 61.4 Å². The third-order valence-electron chi connectivity index (χ3n) is 3.98. The maximum Gasteiger partial charge on any atom is 0.234 e. The predicted molar refractivity (Wildman–Crippen MR) is 88.9 cm³/mol. The zero-order chi connectivity index (χ0) is 16.8.